The molecule has 146 valence electrons. The van der Waals surface area contributed by atoms with Crippen LogP contribution in [0, 0.1) is 5.92 Å². The van der Waals surface area contributed by atoms with Crippen molar-refractivity contribution in [3.63, 3.8) is 0 Å². The van der Waals surface area contributed by atoms with E-state index in [2.05, 4.69) is 24.5 Å². The van der Waals surface area contributed by atoms with E-state index in [1.54, 1.807) is 18.2 Å². The zero-order valence-corrected chi connectivity index (χ0v) is 17.1. The van der Waals surface area contributed by atoms with Gasteiger partial charge in [0, 0.05) is 11.1 Å². The molecule has 1 aromatic rings. The maximum atomic E-state index is 12.2. The number of likely N-dealkylation sites (N-methyl/N-ethyl adjacent to an activating group) is 1. The Labute approximate surface area is 161 Å². The molecule has 0 radical (unpaired) electrons. The standard InChI is InChI=1S/C19H30ClN3O3/c1-13(2)6-7-14(3)21-18(24)11-23(4)12-19(25)22-16-10-15(20)8-9-17(16)26-5/h8-10,13-14H,6-7,11-12H2,1-5H3,(H,21,24)(H,22,25)/p+1/t14-/m0/s1. The smallest absolute Gasteiger partial charge is 0.279 e. The van der Waals surface area contributed by atoms with Crippen molar-refractivity contribution in [2.24, 2.45) is 5.92 Å². The van der Waals surface area contributed by atoms with Crippen molar-refractivity contribution in [3.8, 4) is 5.75 Å². The van der Waals surface area contributed by atoms with Crippen molar-refractivity contribution in [2.75, 3.05) is 32.6 Å². The molecule has 0 aliphatic heterocycles. The molecule has 7 heteroatoms. The van der Waals surface area contributed by atoms with Gasteiger partial charge in [0.15, 0.2) is 13.1 Å². The molecule has 0 saturated heterocycles. The van der Waals surface area contributed by atoms with Crippen LogP contribution in [0.15, 0.2) is 18.2 Å². The number of halogens is 1. The van der Waals surface area contributed by atoms with Gasteiger partial charge in [-0.3, -0.25) is 9.59 Å². The fourth-order valence-corrected chi connectivity index (χ4v) is 2.74. The van der Waals surface area contributed by atoms with Crippen molar-refractivity contribution in [3.05, 3.63) is 23.2 Å². The zero-order valence-electron chi connectivity index (χ0n) is 16.3. The second-order valence-electron chi connectivity index (χ2n) is 7.14. The van der Waals surface area contributed by atoms with E-state index in [0.717, 1.165) is 17.7 Å². The summed E-state index contributed by atoms with van der Waals surface area (Å²) in [5, 5.41) is 6.28. The van der Waals surface area contributed by atoms with Crippen molar-refractivity contribution >= 4 is 29.1 Å². The molecule has 0 fully saturated rings. The van der Waals surface area contributed by atoms with E-state index in [4.69, 9.17) is 16.3 Å². The Balaban J connectivity index is 2.45. The molecular weight excluding hydrogens is 354 g/mol. The number of anilines is 1. The van der Waals surface area contributed by atoms with E-state index in [0.29, 0.717) is 22.4 Å². The first-order valence-electron chi connectivity index (χ1n) is 8.95. The van der Waals surface area contributed by atoms with Crippen LogP contribution < -0.4 is 20.3 Å². The van der Waals surface area contributed by atoms with Gasteiger partial charge >= 0.3 is 0 Å². The maximum absolute atomic E-state index is 12.2. The van der Waals surface area contributed by atoms with E-state index < -0.39 is 0 Å². The Morgan fingerprint density at radius 2 is 1.81 bits per heavy atom. The monoisotopic (exact) mass is 384 g/mol. The van der Waals surface area contributed by atoms with Gasteiger partial charge in [-0.25, -0.2) is 0 Å². The minimum Gasteiger partial charge on any atom is -0.495 e. The lowest BCUT2D eigenvalue weighted by molar-refractivity contribution is -0.862. The minimum absolute atomic E-state index is 0.0492. The Morgan fingerprint density at radius 3 is 2.42 bits per heavy atom. The molecule has 1 rings (SSSR count). The van der Waals surface area contributed by atoms with Crippen LogP contribution >= 0.6 is 11.6 Å². The highest BCUT2D eigenvalue weighted by Crippen LogP contribution is 2.27. The van der Waals surface area contributed by atoms with Crippen LogP contribution in [0.4, 0.5) is 5.69 Å². The van der Waals surface area contributed by atoms with Gasteiger partial charge in [0.1, 0.15) is 5.75 Å². The third-order valence-electron chi connectivity index (χ3n) is 3.94. The van der Waals surface area contributed by atoms with E-state index in [1.807, 2.05) is 14.0 Å². The fourth-order valence-electron chi connectivity index (χ4n) is 2.56. The Bertz CT molecular complexity index is 608. The summed E-state index contributed by atoms with van der Waals surface area (Å²) in [6, 6.07) is 5.16. The summed E-state index contributed by atoms with van der Waals surface area (Å²) in [5.74, 6) is 0.905. The van der Waals surface area contributed by atoms with Gasteiger partial charge in [0.2, 0.25) is 0 Å². The molecule has 3 N–H and O–H groups in total. The van der Waals surface area contributed by atoms with Crippen LogP contribution in [0.2, 0.25) is 5.02 Å². The molecular formula is C19H31ClN3O3+. The number of benzene rings is 1. The zero-order chi connectivity index (χ0) is 19.7. The molecule has 1 aromatic carbocycles. The SMILES string of the molecule is COc1ccc(Cl)cc1NC(=O)C[NH+](C)CC(=O)N[C@@H](C)CCC(C)C. The molecule has 0 spiro atoms. The topological polar surface area (TPSA) is 71.9 Å². The molecule has 6 nitrogen and oxygen atoms in total. The number of rotatable bonds is 10. The van der Waals surface area contributed by atoms with Crippen LogP contribution in [0.3, 0.4) is 0 Å². The molecule has 2 atom stereocenters. The van der Waals surface area contributed by atoms with E-state index in [9.17, 15) is 9.59 Å². The number of ether oxygens (including phenoxy) is 1. The average Bonchev–Trinajstić information content (AvgIpc) is 2.52. The number of carbonyl (C=O) groups is 2. The summed E-state index contributed by atoms with van der Waals surface area (Å²) in [4.78, 5) is 25.1. The lowest BCUT2D eigenvalue weighted by Gasteiger charge is -2.18. The number of carbonyl (C=O) groups excluding carboxylic acids is 2. The summed E-state index contributed by atoms with van der Waals surface area (Å²) in [6.45, 7) is 6.75. The van der Waals surface area contributed by atoms with Gasteiger partial charge in [-0.05, 0) is 43.9 Å². The number of nitrogens with one attached hydrogen (secondary N) is 3. The highest BCUT2D eigenvalue weighted by Gasteiger charge is 2.17. The first-order chi connectivity index (χ1) is 12.2. The quantitative estimate of drug-likeness (QED) is 0.575. The first-order valence-corrected chi connectivity index (χ1v) is 9.33. The number of quaternary nitrogens is 1. The lowest BCUT2D eigenvalue weighted by Crippen LogP contribution is -3.11. The van der Waals surface area contributed by atoms with Crippen LogP contribution in [-0.2, 0) is 9.59 Å². The molecule has 0 heterocycles. The molecule has 2 amide bonds. The van der Waals surface area contributed by atoms with Gasteiger partial charge in [-0.2, -0.15) is 0 Å². The van der Waals surface area contributed by atoms with Gasteiger partial charge in [-0.15, -0.1) is 0 Å². The molecule has 0 bridgehead atoms. The largest absolute Gasteiger partial charge is 0.495 e. The maximum Gasteiger partial charge on any atom is 0.279 e. The Hall–Kier alpha value is -1.79. The highest BCUT2D eigenvalue weighted by molar-refractivity contribution is 6.31. The van der Waals surface area contributed by atoms with Crippen LogP contribution in [-0.4, -0.2) is 45.1 Å². The predicted octanol–water partition coefficient (Wildman–Crippen LogP) is 1.74. The van der Waals surface area contributed by atoms with Crippen molar-refractivity contribution in [2.45, 2.75) is 39.7 Å². The van der Waals surface area contributed by atoms with Crippen LogP contribution in [0.5, 0.6) is 5.75 Å². The second-order valence-corrected chi connectivity index (χ2v) is 7.58. The normalized spacial score (nSPS) is 13.2. The van der Waals surface area contributed by atoms with Crippen molar-refractivity contribution in [1.29, 1.82) is 0 Å². The number of amides is 2. The number of hydrogen-bond acceptors (Lipinski definition) is 3. The van der Waals surface area contributed by atoms with E-state index in [-0.39, 0.29) is 30.9 Å². The van der Waals surface area contributed by atoms with Crippen LogP contribution in [0.25, 0.3) is 0 Å². The molecule has 26 heavy (non-hydrogen) atoms. The minimum atomic E-state index is -0.205. The summed E-state index contributed by atoms with van der Waals surface area (Å²) in [5.41, 5.74) is 0.518. The van der Waals surface area contributed by atoms with E-state index >= 15 is 0 Å². The third kappa shape index (κ3) is 8.54. The Morgan fingerprint density at radius 1 is 1.15 bits per heavy atom. The average molecular weight is 385 g/mol. The number of methoxy groups -OCH3 is 1. The van der Waals surface area contributed by atoms with Crippen molar-refractivity contribution < 1.29 is 19.2 Å². The lowest BCUT2D eigenvalue weighted by atomic mass is 10.0. The molecule has 1 unspecified atom stereocenters. The van der Waals surface area contributed by atoms with Gasteiger partial charge in [-0.1, -0.05) is 25.4 Å². The number of hydrogen-bond donors (Lipinski definition) is 3. The first kappa shape index (κ1) is 22.3. The summed E-state index contributed by atoms with van der Waals surface area (Å²) < 4.78 is 5.21. The Kier molecular flexibility index (Phi) is 9.44. The molecule has 0 aliphatic rings. The predicted molar refractivity (Wildman–Crippen MR) is 105 cm³/mol. The van der Waals surface area contributed by atoms with Gasteiger partial charge in [0.05, 0.1) is 19.8 Å². The van der Waals surface area contributed by atoms with Gasteiger partial charge < -0.3 is 20.3 Å². The van der Waals surface area contributed by atoms with E-state index in [1.165, 1.54) is 7.11 Å². The molecule has 0 aromatic heterocycles. The van der Waals surface area contributed by atoms with Gasteiger partial charge in [0.25, 0.3) is 11.8 Å². The van der Waals surface area contributed by atoms with Crippen LogP contribution in [0.1, 0.15) is 33.6 Å². The molecule has 0 saturated carbocycles. The summed E-state index contributed by atoms with van der Waals surface area (Å²) in [6.07, 6.45) is 2.03. The molecule has 0 aliphatic carbocycles. The fraction of sp³-hybridized carbons (Fsp3) is 0.579. The third-order valence-corrected chi connectivity index (χ3v) is 4.18. The van der Waals surface area contributed by atoms with Crippen molar-refractivity contribution in [1.82, 2.24) is 5.32 Å². The summed E-state index contributed by atoms with van der Waals surface area (Å²) >= 11 is 5.96. The summed E-state index contributed by atoms with van der Waals surface area (Å²) in [7, 11) is 3.34. The second kappa shape index (κ2) is 11.0. The highest BCUT2D eigenvalue weighted by atomic mass is 35.5.